The summed E-state index contributed by atoms with van der Waals surface area (Å²) in [4.78, 5) is 41.9. The van der Waals surface area contributed by atoms with Gasteiger partial charge in [-0.15, -0.1) is 11.8 Å². The van der Waals surface area contributed by atoms with Crippen molar-refractivity contribution < 1.29 is 18.4 Å². The smallest absolute Gasteiger partial charge is 0.254 e. The number of benzene rings is 1. The number of H-pyrrole nitrogens is 1. The Hall–Kier alpha value is -3.18. The number of nitrogens with zero attached hydrogens (tertiary/aromatic N) is 1. The van der Waals surface area contributed by atoms with Crippen molar-refractivity contribution in [2.24, 2.45) is 5.92 Å². The number of nitrogens with one attached hydrogen (secondary N) is 4. The molecule has 232 valence electrons. The van der Waals surface area contributed by atoms with Crippen LogP contribution in [0.5, 0.6) is 0 Å². The third-order valence-electron chi connectivity index (χ3n) is 9.10. The van der Waals surface area contributed by atoms with Gasteiger partial charge in [0, 0.05) is 77.4 Å². The van der Waals surface area contributed by atoms with E-state index in [0.717, 1.165) is 52.9 Å². The summed E-state index contributed by atoms with van der Waals surface area (Å²) in [6, 6.07) is 7.70. The first kappa shape index (κ1) is 31.3. The summed E-state index contributed by atoms with van der Waals surface area (Å²) in [6.07, 6.45) is 5.49. The average Bonchev–Trinajstić information content (AvgIpc) is 3.21. The zero-order chi connectivity index (χ0) is 31.1. The molecule has 3 aromatic rings. The first-order chi connectivity index (χ1) is 20.4. The quantitative estimate of drug-likeness (QED) is 0.219. The fourth-order valence-corrected chi connectivity index (χ4v) is 7.62. The van der Waals surface area contributed by atoms with Crippen LogP contribution in [-0.2, 0) is 11.3 Å². The van der Waals surface area contributed by atoms with Crippen LogP contribution in [-0.4, -0.2) is 45.6 Å². The van der Waals surface area contributed by atoms with Gasteiger partial charge < -0.3 is 25.5 Å². The number of aromatic amines is 1. The number of carbonyl (C=O) groups is 2. The van der Waals surface area contributed by atoms with Crippen LogP contribution in [0, 0.1) is 19.8 Å². The molecule has 2 aromatic heterocycles. The third-order valence-corrected chi connectivity index (χ3v) is 9.90. The number of halogens is 2. The molecule has 1 atom stereocenters. The Labute approximate surface area is 254 Å². The van der Waals surface area contributed by atoms with Crippen molar-refractivity contribution in [1.29, 1.82) is 0 Å². The van der Waals surface area contributed by atoms with Crippen molar-refractivity contribution in [2.45, 2.75) is 102 Å². The van der Waals surface area contributed by atoms with Gasteiger partial charge in [0.05, 0.1) is 11.1 Å². The van der Waals surface area contributed by atoms with E-state index < -0.39 is 5.92 Å². The molecule has 0 aliphatic heterocycles. The molecule has 0 spiro atoms. The molecule has 2 heterocycles. The van der Waals surface area contributed by atoms with Crippen molar-refractivity contribution in [3.8, 4) is 0 Å². The first-order valence-corrected chi connectivity index (χ1v) is 16.2. The molecule has 0 radical (unpaired) electrons. The average molecular weight is 614 g/mol. The lowest BCUT2D eigenvalue weighted by molar-refractivity contribution is -0.114. The first-order valence-electron chi connectivity index (χ1n) is 15.0. The van der Waals surface area contributed by atoms with Gasteiger partial charge in [-0.25, -0.2) is 8.78 Å². The molecule has 2 aliphatic carbocycles. The van der Waals surface area contributed by atoms with Crippen LogP contribution in [0.3, 0.4) is 0 Å². The summed E-state index contributed by atoms with van der Waals surface area (Å²) >= 11 is 1.47. The highest BCUT2D eigenvalue weighted by molar-refractivity contribution is 7.98. The van der Waals surface area contributed by atoms with Crippen LogP contribution in [0.15, 0.2) is 34.0 Å². The molecular weight excluding hydrogens is 572 g/mol. The third kappa shape index (κ3) is 6.67. The van der Waals surface area contributed by atoms with Crippen LogP contribution in [0.25, 0.3) is 10.9 Å². The number of thioether (sulfide) groups is 1. The predicted octanol–water partition coefficient (Wildman–Crippen LogP) is 6.06. The van der Waals surface area contributed by atoms with E-state index in [-0.39, 0.29) is 54.9 Å². The number of carbonyl (C=O) groups excluding carboxylic acids is 2. The molecule has 43 heavy (non-hydrogen) atoms. The van der Waals surface area contributed by atoms with Crippen molar-refractivity contribution in [3.05, 3.63) is 57.1 Å². The van der Waals surface area contributed by atoms with E-state index in [1.54, 1.807) is 6.07 Å². The molecule has 5 rings (SSSR count). The molecule has 4 N–H and O–H groups in total. The van der Waals surface area contributed by atoms with Gasteiger partial charge in [-0.2, -0.15) is 0 Å². The summed E-state index contributed by atoms with van der Waals surface area (Å²) < 4.78 is 28.8. The molecule has 11 heteroatoms. The largest absolute Gasteiger partial charge is 0.348 e. The Morgan fingerprint density at radius 3 is 2.44 bits per heavy atom. The van der Waals surface area contributed by atoms with Gasteiger partial charge in [-0.3, -0.25) is 14.4 Å². The summed E-state index contributed by atoms with van der Waals surface area (Å²) in [5.41, 5.74) is 3.95. The summed E-state index contributed by atoms with van der Waals surface area (Å²) in [5.74, 6) is -2.63. The van der Waals surface area contributed by atoms with Gasteiger partial charge in [0.2, 0.25) is 5.91 Å². The highest BCUT2D eigenvalue weighted by Crippen LogP contribution is 2.41. The van der Waals surface area contributed by atoms with E-state index in [1.807, 2.05) is 38.3 Å². The van der Waals surface area contributed by atoms with Crippen molar-refractivity contribution >= 4 is 40.2 Å². The molecular formula is C32H41F2N5O3S. The lowest BCUT2D eigenvalue weighted by atomic mass is 9.80. The fraction of sp³-hybridized carbons (Fsp3) is 0.531. The monoisotopic (exact) mass is 613 g/mol. The number of amides is 2. The van der Waals surface area contributed by atoms with Crippen LogP contribution >= 0.6 is 11.8 Å². The molecule has 0 unspecified atom stereocenters. The van der Waals surface area contributed by atoms with Gasteiger partial charge >= 0.3 is 0 Å². The number of anilines is 1. The molecule has 2 fully saturated rings. The lowest BCUT2D eigenvalue weighted by Gasteiger charge is -2.41. The van der Waals surface area contributed by atoms with Crippen LogP contribution in [0.1, 0.15) is 85.7 Å². The maximum absolute atomic E-state index is 13.8. The highest BCUT2D eigenvalue weighted by atomic mass is 32.2. The van der Waals surface area contributed by atoms with Gasteiger partial charge in [0.25, 0.3) is 17.4 Å². The van der Waals surface area contributed by atoms with Crippen molar-refractivity contribution in [2.75, 3.05) is 11.6 Å². The number of alkyl halides is 2. The predicted molar refractivity (Wildman–Crippen MR) is 167 cm³/mol. The lowest BCUT2D eigenvalue weighted by Crippen LogP contribution is -2.52. The van der Waals surface area contributed by atoms with Crippen LogP contribution in [0.2, 0.25) is 0 Å². The number of fused-ring (bicyclic) bond motifs is 1. The van der Waals surface area contributed by atoms with E-state index in [0.29, 0.717) is 22.7 Å². The molecule has 0 saturated heterocycles. The molecule has 1 aromatic carbocycles. The van der Waals surface area contributed by atoms with Crippen molar-refractivity contribution in [1.82, 2.24) is 20.2 Å². The number of pyridine rings is 1. The SMILES string of the molecule is CSc1cc(C)[nH]c(=O)c1CNC(=O)c1c(C)n([C@H](C)[C@H]2CC[C@H](NC3CC(F)(F)C3)CC2)c2cc(NC(C)=O)ccc12. The number of aryl methyl sites for hydroxylation is 1. The Balaban J connectivity index is 1.40. The maximum atomic E-state index is 13.8. The van der Waals surface area contributed by atoms with Crippen molar-refractivity contribution in [3.63, 3.8) is 0 Å². The Morgan fingerprint density at radius 1 is 1.12 bits per heavy atom. The number of aromatic nitrogens is 2. The number of hydrogen-bond acceptors (Lipinski definition) is 5. The number of rotatable bonds is 9. The van der Waals surface area contributed by atoms with Gasteiger partial charge in [-0.1, -0.05) is 0 Å². The Bertz CT molecular complexity index is 1580. The minimum Gasteiger partial charge on any atom is -0.348 e. The topological polar surface area (TPSA) is 108 Å². The Kier molecular flexibility index (Phi) is 9.04. The second-order valence-corrected chi connectivity index (χ2v) is 13.1. The molecule has 2 saturated carbocycles. The normalized spacial score (nSPS) is 20.9. The molecule has 8 nitrogen and oxygen atoms in total. The Morgan fingerprint density at radius 2 is 1.81 bits per heavy atom. The second-order valence-electron chi connectivity index (χ2n) is 12.2. The molecule has 2 amide bonds. The zero-order valence-corrected chi connectivity index (χ0v) is 26.2. The minimum atomic E-state index is -2.52. The van der Waals surface area contributed by atoms with E-state index >= 15 is 0 Å². The fourth-order valence-electron chi connectivity index (χ4n) is 6.92. The van der Waals surface area contributed by atoms with E-state index in [4.69, 9.17) is 0 Å². The summed E-state index contributed by atoms with van der Waals surface area (Å²) in [7, 11) is 0. The van der Waals surface area contributed by atoms with Gasteiger partial charge in [0.1, 0.15) is 0 Å². The standard InChI is InChI=1S/C32H41F2N5O3S/c1-17-12-28(43-5)26(30(41)36-17)16-35-31(42)29-19(3)39(27-13-23(37-20(4)40)10-11-25(27)29)18(2)21-6-8-22(9-7-21)38-24-14-32(33,34)15-24/h10-13,18,21-22,24,38H,6-9,14-16H2,1-5H3,(H,35,42)(H,36,41)(H,37,40)/t18-,21-,22-/m1/s1. The van der Waals surface area contributed by atoms with Crippen LogP contribution < -0.4 is 21.5 Å². The second kappa shape index (κ2) is 12.4. The highest BCUT2D eigenvalue weighted by Gasteiger charge is 2.46. The van der Waals surface area contributed by atoms with Gasteiger partial charge in [0.15, 0.2) is 0 Å². The van der Waals surface area contributed by atoms with Gasteiger partial charge in [-0.05, 0) is 82.9 Å². The zero-order valence-electron chi connectivity index (χ0n) is 25.4. The summed E-state index contributed by atoms with van der Waals surface area (Å²) in [5, 5.41) is 10.1. The van der Waals surface area contributed by atoms with E-state index in [2.05, 4.69) is 32.4 Å². The number of hydrogen-bond donors (Lipinski definition) is 4. The minimum absolute atomic E-state index is 0.0636. The summed E-state index contributed by atoms with van der Waals surface area (Å²) in [6.45, 7) is 7.50. The maximum Gasteiger partial charge on any atom is 0.254 e. The molecule has 2 aliphatic rings. The molecule has 0 bridgehead atoms. The van der Waals surface area contributed by atoms with E-state index in [9.17, 15) is 23.2 Å². The van der Waals surface area contributed by atoms with E-state index in [1.165, 1.54) is 18.7 Å². The van der Waals surface area contributed by atoms with Crippen LogP contribution in [0.4, 0.5) is 14.5 Å².